The number of rotatable bonds is 7. The molecular formula is C20H31IN6O2. The molecule has 2 atom stereocenters. The fraction of sp³-hybridized carbons (Fsp3) is 0.550. The molecule has 1 aromatic carbocycles. The van der Waals surface area contributed by atoms with E-state index in [2.05, 4.69) is 44.8 Å². The number of nitrogens with zero attached hydrogens (tertiary/aromatic N) is 4. The Hall–Kier alpha value is -1.88. The fourth-order valence-electron chi connectivity index (χ4n) is 3.19. The van der Waals surface area contributed by atoms with Crippen LogP contribution in [0.2, 0.25) is 0 Å². The molecule has 0 saturated carbocycles. The van der Waals surface area contributed by atoms with Crippen molar-refractivity contribution >= 4 is 29.9 Å². The first-order valence-corrected chi connectivity index (χ1v) is 9.69. The van der Waals surface area contributed by atoms with Crippen molar-refractivity contribution < 1.29 is 9.47 Å². The predicted molar refractivity (Wildman–Crippen MR) is 124 cm³/mol. The molecule has 1 aliphatic heterocycles. The first kappa shape index (κ1) is 23.4. The largest absolute Gasteiger partial charge is 0.489 e. The van der Waals surface area contributed by atoms with Crippen LogP contribution in [0.1, 0.15) is 30.6 Å². The molecule has 0 bridgehead atoms. The van der Waals surface area contributed by atoms with Gasteiger partial charge in [0.1, 0.15) is 24.3 Å². The first-order valence-electron chi connectivity index (χ1n) is 9.69. The molecule has 2 N–H and O–H groups in total. The summed E-state index contributed by atoms with van der Waals surface area (Å²) in [5, 5.41) is 11.3. The molecule has 2 aromatic rings. The minimum absolute atomic E-state index is 0. The molecule has 0 amide bonds. The molecule has 8 nitrogen and oxygen atoms in total. The highest BCUT2D eigenvalue weighted by atomic mass is 127. The van der Waals surface area contributed by atoms with Crippen molar-refractivity contribution in [2.24, 2.45) is 4.99 Å². The van der Waals surface area contributed by atoms with Crippen LogP contribution in [0, 0.1) is 6.92 Å². The summed E-state index contributed by atoms with van der Waals surface area (Å²) in [4.78, 5) is 8.85. The molecule has 1 aliphatic rings. The fourth-order valence-corrected chi connectivity index (χ4v) is 3.19. The van der Waals surface area contributed by atoms with Crippen molar-refractivity contribution in [3.8, 4) is 5.75 Å². The SMILES string of the molecule is CN=C(NCC(C)Oc1ccc(C)cc1)NC1CCc2nc(COC)nn2C1.I. The number of benzene rings is 1. The van der Waals surface area contributed by atoms with E-state index >= 15 is 0 Å². The van der Waals surface area contributed by atoms with Crippen LogP contribution >= 0.6 is 24.0 Å². The lowest BCUT2D eigenvalue weighted by Gasteiger charge is -2.26. The monoisotopic (exact) mass is 514 g/mol. The van der Waals surface area contributed by atoms with Gasteiger partial charge in [-0.15, -0.1) is 24.0 Å². The number of guanidine groups is 1. The molecule has 9 heteroatoms. The van der Waals surface area contributed by atoms with Crippen LogP contribution in [0.3, 0.4) is 0 Å². The van der Waals surface area contributed by atoms with Crippen LogP contribution in [0.15, 0.2) is 29.3 Å². The number of methoxy groups -OCH3 is 1. The Morgan fingerprint density at radius 1 is 1.34 bits per heavy atom. The minimum atomic E-state index is 0. The highest BCUT2D eigenvalue weighted by Crippen LogP contribution is 2.14. The van der Waals surface area contributed by atoms with Gasteiger partial charge in [0, 0.05) is 26.6 Å². The van der Waals surface area contributed by atoms with Crippen LogP contribution in [-0.2, 0) is 24.3 Å². The predicted octanol–water partition coefficient (Wildman–Crippen LogP) is 2.30. The Labute approximate surface area is 189 Å². The number of aryl methyl sites for hydroxylation is 2. The molecule has 0 radical (unpaired) electrons. The molecule has 0 saturated heterocycles. The second-order valence-electron chi connectivity index (χ2n) is 7.13. The van der Waals surface area contributed by atoms with Crippen LogP contribution in [0.25, 0.3) is 0 Å². The van der Waals surface area contributed by atoms with E-state index in [0.717, 1.165) is 42.7 Å². The molecule has 0 aliphatic carbocycles. The summed E-state index contributed by atoms with van der Waals surface area (Å²) >= 11 is 0. The van der Waals surface area contributed by atoms with Gasteiger partial charge in [-0.05, 0) is 32.4 Å². The van der Waals surface area contributed by atoms with Gasteiger partial charge in [-0.2, -0.15) is 5.10 Å². The van der Waals surface area contributed by atoms with E-state index in [0.29, 0.717) is 13.2 Å². The van der Waals surface area contributed by atoms with Gasteiger partial charge < -0.3 is 20.1 Å². The van der Waals surface area contributed by atoms with Gasteiger partial charge in [-0.3, -0.25) is 4.99 Å². The maximum atomic E-state index is 5.95. The van der Waals surface area contributed by atoms with Gasteiger partial charge in [0.25, 0.3) is 0 Å². The number of hydrogen-bond acceptors (Lipinski definition) is 5. The lowest BCUT2D eigenvalue weighted by Crippen LogP contribution is -2.48. The van der Waals surface area contributed by atoms with Gasteiger partial charge in [0.15, 0.2) is 11.8 Å². The van der Waals surface area contributed by atoms with Gasteiger partial charge in [0.05, 0.1) is 13.1 Å². The molecular weight excluding hydrogens is 483 g/mol. The number of aromatic nitrogens is 3. The number of fused-ring (bicyclic) bond motifs is 1. The number of nitrogens with one attached hydrogen (secondary N) is 2. The van der Waals surface area contributed by atoms with Crippen LogP contribution < -0.4 is 15.4 Å². The maximum absolute atomic E-state index is 5.95. The minimum Gasteiger partial charge on any atom is -0.489 e. The Bertz CT molecular complexity index is 793. The Kier molecular flexibility index (Phi) is 9.15. The van der Waals surface area contributed by atoms with Crippen molar-refractivity contribution in [3.63, 3.8) is 0 Å². The molecule has 0 fully saturated rings. The molecule has 29 heavy (non-hydrogen) atoms. The average Bonchev–Trinajstić information content (AvgIpc) is 3.09. The summed E-state index contributed by atoms with van der Waals surface area (Å²) in [5.74, 6) is 3.40. The molecule has 2 unspecified atom stereocenters. The summed E-state index contributed by atoms with van der Waals surface area (Å²) in [5.41, 5.74) is 1.22. The summed E-state index contributed by atoms with van der Waals surface area (Å²) in [6.45, 7) is 5.98. The number of aliphatic imine (C=N–C) groups is 1. The van der Waals surface area contributed by atoms with E-state index in [-0.39, 0.29) is 36.1 Å². The van der Waals surface area contributed by atoms with Gasteiger partial charge in [0.2, 0.25) is 0 Å². The molecule has 0 spiro atoms. The zero-order valence-electron chi connectivity index (χ0n) is 17.5. The first-order chi connectivity index (χ1) is 13.6. The summed E-state index contributed by atoms with van der Waals surface area (Å²) in [6.07, 6.45) is 1.89. The third-order valence-corrected chi connectivity index (χ3v) is 4.66. The number of ether oxygens (including phenoxy) is 2. The zero-order chi connectivity index (χ0) is 19.9. The van der Waals surface area contributed by atoms with Crippen molar-refractivity contribution in [2.45, 2.75) is 52.0 Å². The molecule has 1 aromatic heterocycles. The Morgan fingerprint density at radius 3 is 2.79 bits per heavy atom. The third-order valence-electron chi connectivity index (χ3n) is 4.66. The smallest absolute Gasteiger partial charge is 0.191 e. The average molecular weight is 514 g/mol. The summed E-state index contributed by atoms with van der Waals surface area (Å²) in [6, 6.07) is 8.35. The van der Waals surface area contributed by atoms with Gasteiger partial charge in [-0.1, -0.05) is 17.7 Å². The van der Waals surface area contributed by atoms with E-state index in [1.165, 1.54) is 5.56 Å². The van der Waals surface area contributed by atoms with E-state index in [9.17, 15) is 0 Å². The van der Waals surface area contributed by atoms with Crippen molar-refractivity contribution in [1.82, 2.24) is 25.4 Å². The topological polar surface area (TPSA) is 85.6 Å². The van der Waals surface area contributed by atoms with Crippen LogP contribution in [0.4, 0.5) is 0 Å². The van der Waals surface area contributed by atoms with Crippen LogP contribution in [0.5, 0.6) is 5.75 Å². The standard InChI is InChI=1S/C20H30N6O2.HI/c1-14-5-8-17(9-6-14)28-15(2)11-22-20(21-3)23-16-7-10-19-24-18(13-27-4)25-26(19)12-16;/h5-6,8-9,15-16H,7,10-13H2,1-4H3,(H2,21,22,23);1H. The van der Waals surface area contributed by atoms with E-state index in [1.807, 2.05) is 23.7 Å². The maximum Gasteiger partial charge on any atom is 0.191 e. The second-order valence-corrected chi connectivity index (χ2v) is 7.13. The van der Waals surface area contributed by atoms with E-state index in [1.54, 1.807) is 14.2 Å². The van der Waals surface area contributed by atoms with Gasteiger partial charge in [-0.25, -0.2) is 9.67 Å². The Balaban J connectivity index is 0.00000300. The van der Waals surface area contributed by atoms with Crippen LogP contribution in [-0.4, -0.2) is 53.6 Å². The number of halogens is 1. The van der Waals surface area contributed by atoms with Crippen molar-refractivity contribution in [2.75, 3.05) is 20.7 Å². The second kappa shape index (κ2) is 11.3. The third kappa shape index (κ3) is 6.84. The van der Waals surface area contributed by atoms with Crippen molar-refractivity contribution in [3.05, 3.63) is 41.5 Å². The lowest BCUT2D eigenvalue weighted by atomic mass is 10.1. The highest BCUT2D eigenvalue weighted by molar-refractivity contribution is 14.0. The summed E-state index contributed by atoms with van der Waals surface area (Å²) < 4.78 is 13.0. The quantitative estimate of drug-likeness (QED) is 0.335. The lowest BCUT2D eigenvalue weighted by molar-refractivity contribution is 0.177. The molecule has 3 rings (SSSR count). The number of hydrogen-bond donors (Lipinski definition) is 2. The zero-order valence-corrected chi connectivity index (χ0v) is 19.8. The van der Waals surface area contributed by atoms with Gasteiger partial charge >= 0.3 is 0 Å². The highest BCUT2D eigenvalue weighted by Gasteiger charge is 2.22. The van der Waals surface area contributed by atoms with Crippen molar-refractivity contribution in [1.29, 1.82) is 0 Å². The van der Waals surface area contributed by atoms with E-state index in [4.69, 9.17) is 9.47 Å². The molecule has 2 heterocycles. The normalized spacial score (nSPS) is 17.1. The Morgan fingerprint density at radius 2 is 2.10 bits per heavy atom. The van der Waals surface area contributed by atoms with E-state index < -0.39 is 0 Å². The summed E-state index contributed by atoms with van der Waals surface area (Å²) in [7, 11) is 3.44. The molecule has 160 valence electrons.